The van der Waals surface area contributed by atoms with Crippen molar-refractivity contribution in [3.8, 4) is 0 Å². The van der Waals surface area contributed by atoms with Gasteiger partial charge in [-0.15, -0.1) is 0 Å². The SMILES string of the molecule is CCC(CC)C(CO)c1cccc(F)c1. The predicted octanol–water partition coefficient (Wildman–Crippen LogP) is 3.34. The van der Waals surface area contributed by atoms with Gasteiger partial charge in [-0.3, -0.25) is 0 Å². The van der Waals surface area contributed by atoms with Gasteiger partial charge in [0.05, 0.1) is 6.61 Å². The molecule has 0 aromatic heterocycles. The van der Waals surface area contributed by atoms with E-state index in [4.69, 9.17) is 0 Å². The molecule has 84 valence electrons. The second-order valence-electron chi connectivity index (χ2n) is 3.92. The van der Waals surface area contributed by atoms with Crippen LogP contribution in [0, 0.1) is 11.7 Å². The molecule has 1 rings (SSSR count). The van der Waals surface area contributed by atoms with Crippen molar-refractivity contribution < 1.29 is 9.50 Å². The topological polar surface area (TPSA) is 20.2 Å². The van der Waals surface area contributed by atoms with Crippen LogP contribution in [0.2, 0.25) is 0 Å². The van der Waals surface area contributed by atoms with Crippen LogP contribution in [0.15, 0.2) is 24.3 Å². The molecule has 1 nitrogen and oxygen atoms in total. The van der Waals surface area contributed by atoms with Crippen LogP contribution in [-0.2, 0) is 0 Å². The summed E-state index contributed by atoms with van der Waals surface area (Å²) in [6.45, 7) is 4.31. The molecule has 2 heteroatoms. The van der Waals surface area contributed by atoms with Crippen LogP contribution >= 0.6 is 0 Å². The van der Waals surface area contributed by atoms with Crippen molar-refractivity contribution in [1.82, 2.24) is 0 Å². The largest absolute Gasteiger partial charge is 0.396 e. The average molecular weight is 210 g/mol. The molecule has 0 radical (unpaired) electrons. The van der Waals surface area contributed by atoms with Crippen molar-refractivity contribution in [2.75, 3.05) is 6.61 Å². The molecule has 15 heavy (non-hydrogen) atoms. The van der Waals surface area contributed by atoms with Crippen LogP contribution in [0.1, 0.15) is 38.2 Å². The Morgan fingerprint density at radius 1 is 1.27 bits per heavy atom. The zero-order chi connectivity index (χ0) is 11.3. The first-order chi connectivity index (χ1) is 7.22. The van der Waals surface area contributed by atoms with Gasteiger partial charge in [0.15, 0.2) is 0 Å². The van der Waals surface area contributed by atoms with Crippen LogP contribution in [0.3, 0.4) is 0 Å². The van der Waals surface area contributed by atoms with Crippen LogP contribution in [0.5, 0.6) is 0 Å². The summed E-state index contributed by atoms with van der Waals surface area (Å²) in [7, 11) is 0. The number of rotatable bonds is 5. The monoisotopic (exact) mass is 210 g/mol. The molecule has 0 amide bonds. The Balaban J connectivity index is 2.90. The van der Waals surface area contributed by atoms with Gasteiger partial charge in [-0.25, -0.2) is 4.39 Å². The van der Waals surface area contributed by atoms with Crippen molar-refractivity contribution >= 4 is 0 Å². The smallest absolute Gasteiger partial charge is 0.123 e. The minimum Gasteiger partial charge on any atom is -0.396 e. The molecule has 0 heterocycles. The molecule has 0 aliphatic carbocycles. The summed E-state index contributed by atoms with van der Waals surface area (Å²) in [5.74, 6) is 0.268. The normalized spacial score (nSPS) is 13.1. The molecule has 1 atom stereocenters. The van der Waals surface area contributed by atoms with Gasteiger partial charge < -0.3 is 5.11 Å². The molecule has 0 saturated heterocycles. The Morgan fingerprint density at radius 2 is 1.93 bits per heavy atom. The van der Waals surface area contributed by atoms with Gasteiger partial charge in [-0.05, 0) is 23.6 Å². The summed E-state index contributed by atoms with van der Waals surface area (Å²) in [6, 6.07) is 6.56. The van der Waals surface area contributed by atoms with Crippen molar-refractivity contribution in [3.05, 3.63) is 35.6 Å². The minimum absolute atomic E-state index is 0.0655. The molecule has 0 saturated carbocycles. The summed E-state index contributed by atoms with van der Waals surface area (Å²) in [4.78, 5) is 0. The summed E-state index contributed by atoms with van der Waals surface area (Å²) in [6.07, 6.45) is 2.02. The molecule has 0 aliphatic heterocycles. The van der Waals surface area contributed by atoms with E-state index in [9.17, 15) is 9.50 Å². The van der Waals surface area contributed by atoms with Gasteiger partial charge in [-0.1, -0.05) is 38.8 Å². The maximum Gasteiger partial charge on any atom is 0.123 e. The molecule has 0 bridgehead atoms. The van der Waals surface area contributed by atoms with E-state index in [2.05, 4.69) is 13.8 Å². The number of aliphatic hydroxyl groups is 1. The molecule has 0 fully saturated rings. The number of benzene rings is 1. The molecule has 1 N–H and O–H groups in total. The van der Waals surface area contributed by atoms with Crippen molar-refractivity contribution in [2.24, 2.45) is 5.92 Å². The maximum atomic E-state index is 13.1. The quantitative estimate of drug-likeness (QED) is 0.790. The Labute approximate surface area is 90.9 Å². The fourth-order valence-electron chi connectivity index (χ4n) is 2.12. The Hall–Kier alpha value is -0.890. The van der Waals surface area contributed by atoms with E-state index in [1.165, 1.54) is 12.1 Å². The highest BCUT2D eigenvalue weighted by Gasteiger charge is 2.19. The van der Waals surface area contributed by atoms with Crippen LogP contribution in [0.4, 0.5) is 4.39 Å². The van der Waals surface area contributed by atoms with Gasteiger partial charge >= 0.3 is 0 Å². The number of halogens is 1. The molecule has 1 aromatic carbocycles. The fourth-order valence-corrected chi connectivity index (χ4v) is 2.12. The van der Waals surface area contributed by atoms with Gasteiger partial charge in [-0.2, -0.15) is 0 Å². The predicted molar refractivity (Wildman–Crippen MR) is 60.3 cm³/mol. The highest BCUT2D eigenvalue weighted by Crippen LogP contribution is 2.29. The van der Waals surface area contributed by atoms with E-state index in [-0.39, 0.29) is 18.3 Å². The van der Waals surface area contributed by atoms with E-state index in [0.717, 1.165) is 18.4 Å². The van der Waals surface area contributed by atoms with Gasteiger partial charge in [0.2, 0.25) is 0 Å². The van der Waals surface area contributed by atoms with Crippen molar-refractivity contribution in [3.63, 3.8) is 0 Å². The standard InChI is InChI=1S/C13H19FO/c1-3-10(4-2)13(9-15)11-6-5-7-12(14)8-11/h5-8,10,13,15H,3-4,9H2,1-2H3. The minimum atomic E-state index is -0.225. The Kier molecular flexibility index (Phi) is 4.76. The molecular formula is C13H19FO. The first-order valence-corrected chi connectivity index (χ1v) is 5.59. The number of hydrogen-bond acceptors (Lipinski definition) is 1. The van der Waals surface area contributed by atoms with Crippen molar-refractivity contribution in [2.45, 2.75) is 32.6 Å². The maximum absolute atomic E-state index is 13.1. The van der Waals surface area contributed by atoms with Crippen LogP contribution < -0.4 is 0 Å². The van der Waals surface area contributed by atoms with Crippen LogP contribution in [0.25, 0.3) is 0 Å². The molecule has 1 aromatic rings. The molecule has 0 spiro atoms. The fraction of sp³-hybridized carbons (Fsp3) is 0.538. The summed E-state index contributed by atoms with van der Waals surface area (Å²) in [5.41, 5.74) is 0.909. The number of aliphatic hydroxyl groups excluding tert-OH is 1. The Morgan fingerprint density at radius 3 is 2.40 bits per heavy atom. The zero-order valence-corrected chi connectivity index (χ0v) is 9.41. The first kappa shape index (κ1) is 12.2. The summed E-state index contributed by atoms with van der Waals surface area (Å²) < 4.78 is 13.1. The van der Waals surface area contributed by atoms with Crippen LogP contribution in [-0.4, -0.2) is 11.7 Å². The zero-order valence-electron chi connectivity index (χ0n) is 9.41. The first-order valence-electron chi connectivity index (χ1n) is 5.59. The Bertz CT molecular complexity index is 294. The van der Waals surface area contributed by atoms with E-state index >= 15 is 0 Å². The highest BCUT2D eigenvalue weighted by molar-refractivity contribution is 5.21. The van der Waals surface area contributed by atoms with E-state index < -0.39 is 0 Å². The average Bonchev–Trinajstić information content (AvgIpc) is 2.25. The lowest BCUT2D eigenvalue weighted by molar-refractivity contribution is 0.218. The highest BCUT2D eigenvalue weighted by atomic mass is 19.1. The van der Waals surface area contributed by atoms with Gasteiger partial charge in [0.25, 0.3) is 0 Å². The third kappa shape index (κ3) is 3.03. The van der Waals surface area contributed by atoms with E-state index in [1.807, 2.05) is 6.07 Å². The lowest BCUT2D eigenvalue weighted by Crippen LogP contribution is -2.15. The van der Waals surface area contributed by atoms with Gasteiger partial charge in [0, 0.05) is 5.92 Å². The summed E-state index contributed by atoms with van der Waals surface area (Å²) in [5, 5.41) is 9.38. The van der Waals surface area contributed by atoms with Crippen molar-refractivity contribution in [1.29, 1.82) is 0 Å². The van der Waals surface area contributed by atoms with E-state index in [0.29, 0.717) is 5.92 Å². The third-order valence-electron chi connectivity index (χ3n) is 3.09. The second-order valence-corrected chi connectivity index (χ2v) is 3.92. The van der Waals surface area contributed by atoms with Gasteiger partial charge in [0.1, 0.15) is 5.82 Å². The molecule has 0 aliphatic rings. The lowest BCUT2D eigenvalue weighted by Gasteiger charge is -2.23. The third-order valence-corrected chi connectivity index (χ3v) is 3.09. The van der Waals surface area contributed by atoms with E-state index in [1.54, 1.807) is 6.07 Å². The second kappa shape index (κ2) is 5.86. The lowest BCUT2D eigenvalue weighted by atomic mass is 9.83. The summed E-state index contributed by atoms with van der Waals surface area (Å²) >= 11 is 0. The number of hydrogen-bond donors (Lipinski definition) is 1. The molecular weight excluding hydrogens is 191 g/mol. The molecule has 1 unspecified atom stereocenters.